The molecular weight excluding hydrogens is 306 g/mol. The number of hydrogen-bond acceptors (Lipinski definition) is 6. The summed E-state index contributed by atoms with van der Waals surface area (Å²) in [4.78, 5) is 8.97. The number of rotatable bonds is 5. The molecule has 1 aromatic rings. The van der Waals surface area contributed by atoms with Crippen molar-refractivity contribution in [2.24, 2.45) is 10.2 Å². The Morgan fingerprint density at radius 3 is 2.43 bits per heavy atom. The molecule has 0 fully saturated rings. The van der Waals surface area contributed by atoms with Crippen molar-refractivity contribution >= 4 is 46.0 Å². The highest BCUT2D eigenvalue weighted by Gasteiger charge is 2.11. The minimum Gasteiger partial charge on any atom is -0.364 e. The standard InChI is InChI=1S/C12H17N7S2/c1-4-9(20)17-16-8(2)10(18-19-12(21)13-3)11-14-6-5-7-15-11/h5-7H,4H2,1-3H3,(H,17,20)(H2,13,19,21). The van der Waals surface area contributed by atoms with Crippen LogP contribution in [0.15, 0.2) is 28.7 Å². The molecule has 0 aliphatic carbocycles. The Morgan fingerprint density at radius 1 is 1.19 bits per heavy atom. The molecule has 0 aliphatic heterocycles. The Kier molecular flexibility index (Phi) is 7.33. The second-order valence-corrected chi connectivity index (χ2v) is 4.71. The molecule has 21 heavy (non-hydrogen) atoms. The fourth-order valence-corrected chi connectivity index (χ4v) is 1.25. The summed E-state index contributed by atoms with van der Waals surface area (Å²) in [5, 5.41) is 11.5. The first-order valence-electron chi connectivity index (χ1n) is 6.24. The van der Waals surface area contributed by atoms with Gasteiger partial charge >= 0.3 is 0 Å². The zero-order valence-corrected chi connectivity index (χ0v) is 13.7. The highest BCUT2D eigenvalue weighted by atomic mass is 32.1. The molecule has 0 aliphatic rings. The van der Waals surface area contributed by atoms with Gasteiger partial charge in [0, 0.05) is 19.4 Å². The van der Waals surface area contributed by atoms with Crippen molar-refractivity contribution in [3.05, 3.63) is 24.3 Å². The third-order valence-electron chi connectivity index (χ3n) is 2.29. The van der Waals surface area contributed by atoms with Gasteiger partial charge in [-0.25, -0.2) is 9.97 Å². The minimum absolute atomic E-state index is 0.383. The van der Waals surface area contributed by atoms with Crippen LogP contribution in [0.4, 0.5) is 0 Å². The average molecular weight is 323 g/mol. The molecule has 0 radical (unpaired) electrons. The highest BCUT2D eigenvalue weighted by molar-refractivity contribution is 7.80. The Balaban J connectivity index is 3.02. The lowest BCUT2D eigenvalue weighted by Gasteiger charge is -2.07. The van der Waals surface area contributed by atoms with E-state index in [0.717, 1.165) is 0 Å². The van der Waals surface area contributed by atoms with Crippen molar-refractivity contribution in [2.45, 2.75) is 20.3 Å². The first-order valence-corrected chi connectivity index (χ1v) is 7.06. The fraction of sp³-hybridized carbons (Fsp3) is 0.333. The summed E-state index contributed by atoms with van der Waals surface area (Å²) in [5.74, 6) is 0.439. The molecule has 1 heterocycles. The van der Waals surface area contributed by atoms with Crippen LogP contribution in [-0.4, -0.2) is 38.5 Å². The number of nitrogens with zero attached hydrogens (tertiary/aromatic N) is 4. The van der Waals surface area contributed by atoms with Gasteiger partial charge in [0.2, 0.25) is 0 Å². The van der Waals surface area contributed by atoms with E-state index in [1.54, 1.807) is 32.4 Å². The molecule has 0 saturated heterocycles. The topological polar surface area (TPSA) is 86.6 Å². The van der Waals surface area contributed by atoms with Gasteiger partial charge in [0.15, 0.2) is 16.6 Å². The van der Waals surface area contributed by atoms with Crippen LogP contribution in [0.3, 0.4) is 0 Å². The largest absolute Gasteiger partial charge is 0.364 e. The van der Waals surface area contributed by atoms with Gasteiger partial charge < -0.3 is 5.32 Å². The molecule has 112 valence electrons. The van der Waals surface area contributed by atoms with Gasteiger partial charge in [-0.1, -0.05) is 19.1 Å². The van der Waals surface area contributed by atoms with Crippen molar-refractivity contribution < 1.29 is 0 Å². The molecule has 3 N–H and O–H groups in total. The van der Waals surface area contributed by atoms with Gasteiger partial charge in [0.05, 0.1) is 10.7 Å². The van der Waals surface area contributed by atoms with E-state index in [0.29, 0.717) is 33.8 Å². The summed E-state index contributed by atoms with van der Waals surface area (Å²) in [5.41, 5.74) is 6.55. The maximum atomic E-state index is 5.07. The first kappa shape index (κ1) is 17.1. The van der Waals surface area contributed by atoms with E-state index < -0.39 is 0 Å². The second-order valence-electron chi connectivity index (χ2n) is 3.81. The summed E-state index contributed by atoms with van der Waals surface area (Å²) in [6.45, 7) is 3.73. The molecule has 0 aromatic carbocycles. The van der Waals surface area contributed by atoms with Crippen LogP contribution in [0, 0.1) is 0 Å². The summed E-state index contributed by atoms with van der Waals surface area (Å²) in [7, 11) is 1.70. The molecule has 7 nitrogen and oxygen atoms in total. The fourth-order valence-electron chi connectivity index (χ4n) is 1.15. The Labute approximate surface area is 134 Å². The van der Waals surface area contributed by atoms with E-state index in [2.05, 4.69) is 36.3 Å². The molecule has 0 unspecified atom stereocenters. The second kappa shape index (κ2) is 9.03. The summed E-state index contributed by atoms with van der Waals surface area (Å²) in [6, 6.07) is 1.73. The Hall–Kier alpha value is -2.00. The highest BCUT2D eigenvalue weighted by Crippen LogP contribution is 1.96. The lowest BCUT2D eigenvalue weighted by Crippen LogP contribution is -2.31. The van der Waals surface area contributed by atoms with Crippen LogP contribution >= 0.6 is 24.4 Å². The van der Waals surface area contributed by atoms with Crippen molar-refractivity contribution in [2.75, 3.05) is 7.05 Å². The number of aromatic nitrogens is 2. The Bertz CT molecular complexity index is 554. The van der Waals surface area contributed by atoms with Crippen molar-refractivity contribution in [3.63, 3.8) is 0 Å². The number of thiocarbonyl (C=S) groups is 2. The molecule has 0 spiro atoms. The monoisotopic (exact) mass is 323 g/mol. The lowest BCUT2D eigenvalue weighted by molar-refractivity contribution is 0.966. The number of nitrogens with one attached hydrogen (secondary N) is 3. The Morgan fingerprint density at radius 2 is 1.86 bits per heavy atom. The van der Waals surface area contributed by atoms with Gasteiger partial charge in [-0.2, -0.15) is 10.2 Å². The van der Waals surface area contributed by atoms with Crippen LogP contribution in [0.2, 0.25) is 0 Å². The van der Waals surface area contributed by atoms with Crippen LogP contribution in [0.25, 0.3) is 0 Å². The van der Waals surface area contributed by atoms with Crippen LogP contribution < -0.4 is 16.2 Å². The molecule has 9 heteroatoms. The summed E-state index contributed by atoms with van der Waals surface area (Å²) < 4.78 is 0. The van der Waals surface area contributed by atoms with Gasteiger partial charge in [0.25, 0.3) is 0 Å². The van der Waals surface area contributed by atoms with E-state index in [1.807, 2.05) is 6.92 Å². The van der Waals surface area contributed by atoms with Crippen LogP contribution in [0.1, 0.15) is 26.1 Å². The average Bonchev–Trinajstić information content (AvgIpc) is 2.53. The summed E-state index contributed by atoms with van der Waals surface area (Å²) in [6.07, 6.45) is 3.97. The van der Waals surface area contributed by atoms with Crippen LogP contribution in [0.5, 0.6) is 0 Å². The minimum atomic E-state index is 0.383. The third kappa shape index (κ3) is 5.88. The first-order chi connectivity index (χ1) is 10.1. The number of hydrogen-bond donors (Lipinski definition) is 3. The normalized spacial score (nSPS) is 11.8. The zero-order valence-electron chi connectivity index (χ0n) is 12.0. The molecule has 0 amide bonds. The van der Waals surface area contributed by atoms with E-state index in [4.69, 9.17) is 24.4 Å². The quantitative estimate of drug-likeness (QED) is 0.423. The number of hydrazone groups is 2. The zero-order chi connectivity index (χ0) is 15.7. The van der Waals surface area contributed by atoms with Crippen molar-refractivity contribution in [3.8, 4) is 0 Å². The van der Waals surface area contributed by atoms with Gasteiger partial charge in [0.1, 0.15) is 0 Å². The van der Waals surface area contributed by atoms with Crippen LogP contribution in [-0.2, 0) is 0 Å². The molecule has 0 bridgehead atoms. The van der Waals surface area contributed by atoms with Gasteiger partial charge in [-0.15, -0.1) is 0 Å². The van der Waals surface area contributed by atoms with E-state index in [9.17, 15) is 0 Å². The maximum absolute atomic E-state index is 5.07. The maximum Gasteiger partial charge on any atom is 0.186 e. The lowest BCUT2D eigenvalue weighted by atomic mass is 10.2. The van der Waals surface area contributed by atoms with Gasteiger partial charge in [-0.3, -0.25) is 10.9 Å². The molecule has 0 atom stereocenters. The molecule has 0 saturated carbocycles. The van der Waals surface area contributed by atoms with Crippen molar-refractivity contribution in [1.82, 2.24) is 26.1 Å². The predicted octanol–water partition coefficient (Wildman–Crippen LogP) is 0.977. The predicted molar refractivity (Wildman–Crippen MR) is 92.5 cm³/mol. The van der Waals surface area contributed by atoms with E-state index in [-0.39, 0.29) is 0 Å². The van der Waals surface area contributed by atoms with Gasteiger partial charge in [-0.05, 0) is 31.6 Å². The smallest absolute Gasteiger partial charge is 0.186 e. The molecular formula is C12H17N7S2. The molecule has 1 aromatic heterocycles. The molecule has 1 rings (SSSR count). The third-order valence-corrected chi connectivity index (χ3v) is 2.96. The van der Waals surface area contributed by atoms with E-state index in [1.165, 1.54) is 0 Å². The SMILES string of the molecule is CCC(=S)NN=C(C)C(=NNC(=S)NC)c1ncccn1. The van der Waals surface area contributed by atoms with Crippen molar-refractivity contribution in [1.29, 1.82) is 0 Å². The van der Waals surface area contributed by atoms with E-state index >= 15 is 0 Å². The summed E-state index contributed by atoms with van der Waals surface area (Å²) >= 11 is 10.1.